The third-order valence-corrected chi connectivity index (χ3v) is 6.40. The Morgan fingerprint density at radius 2 is 1.78 bits per heavy atom. The van der Waals surface area contributed by atoms with E-state index in [1.54, 1.807) is 11.9 Å². The number of benzene rings is 2. The van der Waals surface area contributed by atoms with Gasteiger partial charge in [-0.2, -0.15) is 0 Å². The third kappa shape index (κ3) is 5.47. The monoisotopic (exact) mass is 388 g/mol. The average molecular weight is 388 g/mol. The predicted octanol–water partition coefficient (Wildman–Crippen LogP) is 2.93. The molecule has 0 bridgehead atoms. The minimum atomic E-state index is -2.99. The first-order chi connectivity index (χ1) is 12.9. The third-order valence-electron chi connectivity index (χ3n) is 4.65. The molecule has 1 N–H and O–H groups in total. The fraction of sp³-hybridized carbons (Fsp3) is 0.350. The van der Waals surface area contributed by atoms with Gasteiger partial charge in [0.25, 0.3) is 0 Å². The maximum Gasteiger partial charge on any atom is 0.224 e. The van der Waals surface area contributed by atoms with Gasteiger partial charge in [0.1, 0.15) is 11.5 Å². The molecule has 0 radical (unpaired) electrons. The molecule has 2 aromatic rings. The number of carbonyl (C=O) groups is 1. The van der Waals surface area contributed by atoms with Crippen molar-refractivity contribution in [3.05, 3.63) is 54.6 Å². The maximum absolute atomic E-state index is 12.3. The van der Waals surface area contributed by atoms with Gasteiger partial charge in [-0.3, -0.25) is 4.79 Å². The Balaban J connectivity index is 1.44. The number of nitrogens with zero attached hydrogens (tertiary/aromatic N) is 1. The van der Waals surface area contributed by atoms with Crippen molar-refractivity contribution >= 4 is 21.4 Å². The summed E-state index contributed by atoms with van der Waals surface area (Å²) in [6, 6.07) is 16.9. The van der Waals surface area contributed by atoms with E-state index in [1.807, 2.05) is 54.6 Å². The van der Waals surface area contributed by atoms with Gasteiger partial charge in [0, 0.05) is 31.7 Å². The number of nitrogens with one attached hydrogen (secondary N) is 1. The summed E-state index contributed by atoms with van der Waals surface area (Å²) in [5.74, 6) is 1.72. The number of amides is 1. The van der Waals surface area contributed by atoms with Crippen LogP contribution in [0.15, 0.2) is 54.6 Å². The lowest BCUT2D eigenvalue weighted by molar-refractivity contribution is -0.131. The van der Waals surface area contributed by atoms with Gasteiger partial charge >= 0.3 is 0 Å². The van der Waals surface area contributed by atoms with Crippen LogP contribution in [0, 0.1) is 0 Å². The van der Waals surface area contributed by atoms with Gasteiger partial charge in [-0.1, -0.05) is 18.2 Å². The lowest BCUT2D eigenvalue weighted by atomic mass is 10.2. The van der Waals surface area contributed by atoms with E-state index in [4.69, 9.17) is 4.74 Å². The molecule has 144 valence electrons. The summed E-state index contributed by atoms with van der Waals surface area (Å²) in [5.41, 5.74) is 0.898. The topological polar surface area (TPSA) is 75.7 Å². The Kier molecular flexibility index (Phi) is 6.01. The Morgan fingerprint density at radius 3 is 2.41 bits per heavy atom. The van der Waals surface area contributed by atoms with Crippen LogP contribution < -0.4 is 10.1 Å². The highest BCUT2D eigenvalue weighted by atomic mass is 32.2. The van der Waals surface area contributed by atoms with Crippen LogP contribution in [0.2, 0.25) is 0 Å². The van der Waals surface area contributed by atoms with Crippen molar-refractivity contribution in [2.24, 2.45) is 0 Å². The summed E-state index contributed by atoms with van der Waals surface area (Å²) in [6.07, 6.45) is 0.843. The van der Waals surface area contributed by atoms with E-state index in [2.05, 4.69) is 5.32 Å². The molecule has 1 aliphatic rings. The highest BCUT2D eigenvalue weighted by Crippen LogP contribution is 2.22. The Labute approximate surface area is 160 Å². The van der Waals surface area contributed by atoms with Gasteiger partial charge in [-0.25, -0.2) is 8.42 Å². The molecular formula is C20H24N2O4S. The van der Waals surface area contributed by atoms with E-state index in [1.165, 1.54) is 0 Å². The molecule has 1 amide bonds. The molecule has 1 atom stereocenters. The largest absolute Gasteiger partial charge is 0.457 e. The van der Waals surface area contributed by atoms with Crippen molar-refractivity contribution < 1.29 is 17.9 Å². The van der Waals surface area contributed by atoms with E-state index in [0.717, 1.165) is 17.2 Å². The van der Waals surface area contributed by atoms with Crippen molar-refractivity contribution in [1.29, 1.82) is 0 Å². The second kappa shape index (κ2) is 8.43. The molecule has 1 unspecified atom stereocenters. The minimum Gasteiger partial charge on any atom is -0.457 e. The molecule has 1 aliphatic heterocycles. The quantitative estimate of drug-likeness (QED) is 0.789. The van der Waals surface area contributed by atoms with Crippen molar-refractivity contribution in [3.63, 3.8) is 0 Å². The number of sulfone groups is 1. The number of hydrogen-bond donors (Lipinski definition) is 1. The zero-order valence-corrected chi connectivity index (χ0v) is 16.1. The number of para-hydroxylation sites is 1. The van der Waals surface area contributed by atoms with E-state index >= 15 is 0 Å². The van der Waals surface area contributed by atoms with Gasteiger partial charge in [-0.15, -0.1) is 0 Å². The highest BCUT2D eigenvalue weighted by Gasteiger charge is 2.32. The average Bonchev–Trinajstić information content (AvgIpc) is 3.03. The summed E-state index contributed by atoms with van der Waals surface area (Å²) < 4.78 is 28.8. The zero-order valence-electron chi connectivity index (χ0n) is 15.3. The van der Waals surface area contributed by atoms with E-state index in [0.29, 0.717) is 19.4 Å². The molecular weight excluding hydrogens is 364 g/mol. The van der Waals surface area contributed by atoms with E-state index in [-0.39, 0.29) is 23.5 Å². The first-order valence-electron chi connectivity index (χ1n) is 8.96. The van der Waals surface area contributed by atoms with E-state index < -0.39 is 9.84 Å². The SMILES string of the molecule is CN(C(=O)CCNc1ccc(Oc2ccccc2)cc1)C1CCS(=O)(=O)C1. The van der Waals surface area contributed by atoms with Crippen LogP contribution in [0.3, 0.4) is 0 Å². The second-order valence-corrected chi connectivity index (χ2v) is 8.91. The molecule has 7 heteroatoms. The second-order valence-electron chi connectivity index (χ2n) is 6.68. The van der Waals surface area contributed by atoms with Gasteiger partial charge in [0.2, 0.25) is 5.91 Å². The Hall–Kier alpha value is -2.54. The minimum absolute atomic E-state index is 0.0476. The fourth-order valence-electron chi connectivity index (χ4n) is 3.04. The van der Waals surface area contributed by atoms with Crippen LogP contribution in [-0.4, -0.2) is 50.4 Å². The normalized spacial score (nSPS) is 18.0. The van der Waals surface area contributed by atoms with Gasteiger partial charge < -0.3 is 15.0 Å². The molecule has 0 saturated carbocycles. The number of carbonyl (C=O) groups excluding carboxylic acids is 1. The van der Waals surface area contributed by atoms with Crippen LogP contribution in [0.4, 0.5) is 5.69 Å². The van der Waals surface area contributed by atoms with Crippen molar-refractivity contribution in [2.45, 2.75) is 18.9 Å². The fourth-order valence-corrected chi connectivity index (χ4v) is 4.81. The van der Waals surface area contributed by atoms with Crippen molar-refractivity contribution in [3.8, 4) is 11.5 Å². The first kappa shape index (κ1) is 19.2. The Morgan fingerprint density at radius 1 is 1.11 bits per heavy atom. The number of hydrogen-bond acceptors (Lipinski definition) is 5. The van der Waals surface area contributed by atoms with Gasteiger partial charge in [0.05, 0.1) is 11.5 Å². The smallest absolute Gasteiger partial charge is 0.224 e. The molecule has 2 aromatic carbocycles. The number of rotatable bonds is 7. The molecule has 6 nitrogen and oxygen atoms in total. The summed E-state index contributed by atoms with van der Waals surface area (Å²) in [4.78, 5) is 13.8. The van der Waals surface area contributed by atoms with Crippen LogP contribution in [0.1, 0.15) is 12.8 Å². The molecule has 27 heavy (non-hydrogen) atoms. The molecule has 0 aromatic heterocycles. The van der Waals surface area contributed by atoms with Crippen LogP contribution >= 0.6 is 0 Å². The van der Waals surface area contributed by atoms with Crippen molar-refractivity contribution in [2.75, 3.05) is 30.4 Å². The summed E-state index contributed by atoms with van der Waals surface area (Å²) in [6.45, 7) is 0.488. The molecule has 1 saturated heterocycles. The lowest BCUT2D eigenvalue weighted by Crippen LogP contribution is -2.38. The van der Waals surface area contributed by atoms with Crippen LogP contribution in [-0.2, 0) is 14.6 Å². The lowest BCUT2D eigenvalue weighted by Gasteiger charge is -2.23. The summed E-state index contributed by atoms with van der Waals surface area (Å²) in [5, 5.41) is 3.21. The highest BCUT2D eigenvalue weighted by molar-refractivity contribution is 7.91. The van der Waals surface area contributed by atoms with Crippen LogP contribution in [0.25, 0.3) is 0 Å². The molecule has 0 spiro atoms. The molecule has 0 aliphatic carbocycles. The summed E-state index contributed by atoms with van der Waals surface area (Å²) in [7, 11) is -1.30. The molecule has 1 heterocycles. The van der Waals surface area contributed by atoms with Crippen LogP contribution in [0.5, 0.6) is 11.5 Å². The Bertz CT molecular complexity index is 867. The standard InChI is InChI=1S/C20H24N2O4S/c1-22(17-12-14-27(24,25)15-17)20(23)11-13-21-16-7-9-19(10-8-16)26-18-5-3-2-4-6-18/h2-10,17,21H,11-15H2,1H3. The molecule has 3 rings (SSSR count). The first-order valence-corrected chi connectivity index (χ1v) is 10.8. The van der Waals surface area contributed by atoms with Gasteiger partial charge in [-0.05, 0) is 42.8 Å². The summed E-state index contributed by atoms with van der Waals surface area (Å²) >= 11 is 0. The maximum atomic E-state index is 12.3. The van der Waals surface area contributed by atoms with Gasteiger partial charge in [0.15, 0.2) is 9.84 Å². The van der Waals surface area contributed by atoms with Crippen molar-refractivity contribution in [1.82, 2.24) is 4.90 Å². The number of ether oxygens (including phenoxy) is 1. The molecule has 1 fully saturated rings. The zero-order chi connectivity index (χ0) is 19.3. The number of anilines is 1. The predicted molar refractivity (Wildman–Crippen MR) is 106 cm³/mol. The van der Waals surface area contributed by atoms with E-state index in [9.17, 15) is 13.2 Å².